The Bertz CT molecular complexity index is 366. The highest BCUT2D eigenvalue weighted by molar-refractivity contribution is 9.10. The molecule has 1 fully saturated rings. The standard InChI is InChI=1S/C10H11BrN2O2/c1-13-5-4-8(10(13)14)15-7-2-3-9(11)12-6-7/h2-3,6,8H,4-5H2,1H3. The lowest BCUT2D eigenvalue weighted by molar-refractivity contribution is -0.132. The van der Waals surface area contributed by atoms with Gasteiger partial charge in [0.1, 0.15) is 10.4 Å². The molecule has 1 unspecified atom stereocenters. The van der Waals surface area contributed by atoms with Crippen LogP contribution in [0.25, 0.3) is 0 Å². The maximum absolute atomic E-state index is 11.5. The van der Waals surface area contributed by atoms with Gasteiger partial charge in [-0.1, -0.05) is 0 Å². The molecule has 2 heterocycles. The third kappa shape index (κ3) is 2.28. The van der Waals surface area contributed by atoms with Crippen LogP contribution in [0.3, 0.4) is 0 Å². The molecule has 1 amide bonds. The van der Waals surface area contributed by atoms with Crippen LogP contribution >= 0.6 is 15.9 Å². The van der Waals surface area contributed by atoms with Crippen molar-refractivity contribution >= 4 is 21.8 Å². The predicted octanol–water partition coefficient (Wildman–Crippen LogP) is 1.45. The van der Waals surface area contributed by atoms with Gasteiger partial charge in [-0.05, 0) is 28.1 Å². The molecule has 0 N–H and O–H groups in total. The molecule has 0 bridgehead atoms. The molecule has 0 radical (unpaired) electrons. The van der Waals surface area contributed by atoms with E-state index in [0.717, 1.165) is 17.6 Å². The lowest BCUT2D eigenvalue weighted by atomic mass is 10.3. The summed E-state index contributed by atoms with van der Waals surface area (Å²) in [5, 5.41) is 0. The fourth-order valence-electron chi connectivity index (χ4n) is 1.50. The molecule has 0 aromatic carbocycles. The highest BCUT2D eigenvalue weighted by atomic mass is 79.9. The Morgan fingerprint density at radius 1 is 1.60 bits per heavy atom. The minimum Gasteiger partial charge on any atom is -0.479 e. The van der Waals surface area contributed by atoms with E-state index in [0.29, 0.717) is 5.75 Å². The van der Waals surface area contributed by atoms with Gasteiger partial charge in [-0.15, -0.1) is 0 Å². The van der Waals surface area contributed by atoms with Crippen LogP contribution in [0.4, 0.5) is 0 Å². The number of carbonyl (C=O) groups excluding carboxylic acids is 1. The van der Waals surface area contributed by atoms with E-state index in [2.05, 4.69) is 20.9 Å². The molecule has 0 spiro atoms. The maximum Gasteiger partial charge on any atom is 0.263 e. The van der Waals surface area contributed by atoms with Gasteiger partial charge in [0.05, 0.1) is 6.20 Å². The second kappa shape index (κ2) is 4.18. The number of likely N-dealkylation sites (N-methyl/N-ethyl adjacent to an activating group) is 1. The van der Waals surface area contributed by atoms with Crippen molar-refractivity contribution in [3.63, 3.8) is 0 Å². The molecule has 1 aliphatic rings. The Balaban J connectivity index is 2.03. The summed E-state index contributed by atoms with van der Waals surface area (Å²) in [7, 11) is 1.78. The van der Waals surface area contributed by atoms with E-state index in [1.54, 1.807) is 30.3 Å². The monoisotopic (exact) mass is 270 g/mol. The summed E-state index contributed by atoms with van der Waals surface area (Å²) >= 11 is 3.24. The number of carbonyl (C=O) groups is 1. The second-order valence-electron chi connectivity index (χ2n) is 3.47. The van der Waals surface area contributed by atoms with Crippen molar-refractivity contribution in [2.45, 2.75) is 12.5 Å². The largest absolute Gasteiger partial charge is 0.479 e. The summed E-state index contributed by atoms with van der Waals surface area (Å²) < 4.78 is 6.29. The van der Waals surface area contributed by atoms with Crippen LogP contribution in [0.5, 0.6) is 5.75 Å². The van der Waals surface area contributed by atoms with Crippen LogP contribution in [0.15, 0.2) is 22.9 Å². The number of aromatic nitrogens is 1. The first-order valence-corrected chi connectivity index (χ1v) is 5.49. The van der Waals surface area contributed by atoms with E-state index in [1.807, 2.05) is 0 Å². The van der Waals surface area contributed by atoms with Gasteiger partial charge in [0.2, 0.25) is 0 Å². The molecule has 5 heteroatoms. The number of halogens is 1. The number of hydrogen-bond donors (Lipinski definition) is 0. The van der Waals surface area contributed by atoms with Crippen LogP contribution in [0, 0.1) is 0 Å². The molecular weight excluding hydrogens is 260 g/mol. The number of rotatable bonds is 2. The molecule has 2 rings (SSSR count). The maximum atomic E-state index is 11.5. The lowest BCUT2D eigenvalue weighted by Crippen LogP contribution is -2.29. The average molecular weight is 271 g/mol. The van der Waals surface area contributed by atoms with E-state index < -0.39 is 0 Å². The lowest BCUT2D eigenvalue weighted by Gasteiger charge is -2.12. The zero-order chi connectivity index (χ0) is 10.8. The van der Waals surface area contributed by atoms with Crippen molar-refractivity contribution in [1.29, 1.82) is 0 Å². The van der Waals surface area contributed by atoms with Gasteiger partial charge in [-0.2, -0.15) is 0 Å². The first-order valence-electron chi connectivity index (χ1n) is 4.70. The summed E-state index contributed by atoms with van der Waals surface area (Å²) in [5.41, 5.74) is 0. The van der Waals surface area contributed by atoms with Crippen molar-refractivity contribution in [2.75, 3.05) is 13.6 Å². The fourth-order valence-corrected chi connectivity index (χ4v) is 1.73. The number of nitrogens with zero attached hydrogens (tertiary/aromatic N) is 2. The van der Waals surface area contributed by atoms with Crippen LogP contribution in [-0.4, -0.2) is 35.5 Å². The Kier molecular flexibility index (Phi) is 2.90. The normalized spacial score (nSPS) is 20.8. The molecule has 1 aromatic rings. The number of amides is 1. The summed E-state index contributed by atoms with van der Waals surface area (Å²) in [6.07, 6.45) is 2.00. The van der Waals surface area contributed by atoms with E-state index >= 15 is 0 Å². The van der Waals surface area contributed by atoms with Crippen molar-refractivity contribution in [1.82, 2.24) is 9.88 Å². The van der Waals surface area contributed by atoms with Gasteiger partial charge in [-0.25, -0.2) is 4.98 Å². The number of hydrogen-bond acceptors (Lipinski definition) is 3. The first-order chi connectivity index (χ1) is 7.16. The van der Waals surface area contributed by atoms with Crippen molar-refractivity contribution in [3.05, 3.63) is 22.9 Å². The highest BCUT2D eigenvalue weighted by Crippen LogP contribution is 2.19. The average Bonchev–Trinajstić information content (AvgIpc) is 2.53. The molecule has 1 atom stereocenters. The summed E-state index contributed by atoms with van der Waals surface area (Å²) in [6.45, 7) is 0.757. The van der Waals surface area contributed by atoms with Gasteiger partial charge in [0, 0.05) is 20.0 Å². The van der Waals surface area contributed by atoms with E-state index in [9.17, 15) is 4.79 Å². The van der Waals surface area contributed by atoms with Crippen molar-refractivity contribution < 1.29 is 9.53 Å². The molecule has 1 aliphatic heterocycles. The molecule has 15 heavy (non-hydrogen) atoms. The van der Waals surface area contributed by atoms with Crippen molar-refractivity contribution in [3.8, 4) is 5.75 Å². The van der Waals surface area contributed by atoms with Gasteiger partial charge in [0.15, 0.2) is 6.10 Å². The van der Waals surface area contributed by atoms with Crippen LogP contribution < -0.4 is 4.74 Å². The van der Waals surface area contributed by atoms with Gasteiger partial charge >= 0.3 is 0 Å². The van der Waals surface area contributed by atoms with E-state index in [4.69, 9.17) is 4.74 Å². The number of ether oxygens (including phenoxy) is 1. The topological polar surface area (TPSA) is 42.4 Å². The summed E-state index contributed by atoms with van der Waals surface area (Å²) in [4.78, 5) is 17.3. The predicted molar refractivity (Wildman–Crippen MR) is 58.6 cm³/mol. The molecule has 4 nitrogen and oxygen atoms in total. The van der Waals surface area contributed by atoms with Crippen LogP contribution in [0.2, 0.25) is 0 Å². The van der Waals surface area contributed by atoms with Crippen molar-refractivity contribution in [2.24, 2.45) is 0 Å². The zero-order valence-corrected chi connectivity index (χ0v) is 9.90. The first kappa shape index (κ1) is 10.4. The SMILES string of the molecule is CN1CCC(Oc2ccc(Br)nc2)C1=O. The van der Waals surface area contributed by atoms with Gasteiger partial charge in [-0.3, -0.25) is 4.79 Å². The minimum absolute atomic E-state index is 0.0397. The Morgan fingerprint density at radius 2 is 2.40 bits per heavy atom. The van der Waals surface area contributed by atoms with Crippen LogP contribution in [-0.2, 0) is 4.79 Å². The highest BCUT2D eigenvalue weighted by Gasteiger charge is 2.30. The van der Waals surface area contributed by atoms with Gasteiger partial charge < -0.3 is 9.64 Å². The van der Waals surface area contributed by atoms with Crippen LogP contribution in [0.1, 0.15) is 6.42 Å². The number of pyridine rings is 1. The summed E-state index contributed by atoms with van der Waals surface area (Å²) in [6, 6.07) is 3.58. The molecule has 0 aliphatic carbocycles. The Morgan fingerprint density at radius 3 is 2.93 bits per heavy atom. The molecule has 1 aromatic heterocycles. The Hall–Kier alpha value is -1.10. The molecule has 0 saturated carbocycles. The smallest absolute Gasteiger partial charge is 0.263 e. The molecule has 1 saturated heterocycles. The third-order valence-electron chi connectivity index (χ3n) is 2.36. The fraction of sp³-hybridized carbons (Fsp3) is 0.400. The Labute approximate surface area is 96.4 Å². The summed E-state index contributed by atoms with van der Waals surface area (Å²) in [5.74, 6) is 0.671. The third-order valence-corrected chi connectivity index (χ3v) is 2.83. The number of likely N-dealkylation sites (tertiary alicyclic amines) is 1. The quantitative estimate of drug-likeness (QED) is 0.765. The molecule has 80 valence electrons. The van der Waals surface area contributed by atoms with E-state index in [1.165, 1.54) is 0 Å². The molecular formula is C10H11BrN2O2. The minimum atomic E-state index is -0.349. The van der Waals surface area contributed by atoms with E-state index in [-0.39, 0.29) is 12.0 Å². The zero-order valence-electron chi connectivity index (χ0n) is 8.31. The van der Waals surface area contributed by atoms with Gasteiger partial charge in [0.25, 0.3) is 5.91 Å². The second-order valence-corrected chi connectivity index (χ2v) is 4.28.